The maximum Gasteiger partial charge on any atom is 0.242 e. The zero-order valence-electron chi connectivity index (χ0n) is 7.44. The molecule has 1 unspecified atom stereocenters. The lowest BCUT2D eigenvalue weighted by atomic mass is 10.0. The molecule has 0 saturated heterocycles. The van der Waals surface area contributed by atoms with E-state index in [1.54, 1.807) is 0 Å². The van der Waals surface area contributed by atoms with Crippen molar-refractivity contribution < 1.29 is 9.59 Å². The van der Waals surface area contributed by atoms with Gasteiger partial charge in [0.1, 0.15) is 18.1 Å². The first kappa shape index (κ1) is 8.61. The molecule has 0 aromatic carbocycles. The Morgan fingerprint density at radius 1 is 1.64 bits per heavy atom. The number of nitrogens with zero attached hydrogens (tertiary/aromatic N) is 2. The molecule has 1 aliphatic rings. The van der Waals surface area contributed by atoms with Crippen LogP contribution >= 0.6 is 0 Å². The Morgan fingerprint density at radius 3 is 3.14 bits per heavy atom. The van der Waals surface area contributed by atoms with Crippen LogP contribution in [0.5, 0.6) is 0 Å². The standard InChI is InChI=1S/C8H8N4O2/c1-9-7(13)5-4-2-10-3-11-6(4)12-8(5)14/h2-3,5H,1H3,(H,9,13)(H,10,11,12,14). The van der Waals surface area contributed by atoms with Crippen LogP contribution in [0.15, 0.2) is 12.5 Å². The van der Waals surface area contributed by atoms with Gasteiger partial charge in [-0.25, -0.2) is 9.97 Å². The predicted octanol–water partition coefficient (Wildman–Crippen LogP) is -0.742. The molecule has 0 saturated carbocycles. The van der Waals surface area contributed by atoms with Crippen molar-refractivity contribution in [2.75, 3.05) is 12.4 Å². The van der Waals surface area contributed by atoms with Gasteiger partial charge in [-0.15, -0.1) is 0 Å². The van der Waals surface area contributed by atoms with Gasteiger partial charge in [0.2, 0.25) is 11.8 Å². The van der Waals surface area contributed by atoms with Gasteiger partial charge in [-0.05, 0) is 0 Å². The van der Waals surface area contributed by atoms with Crippen molar-refractivity contribution in [3.05, 3.63) is 18.1 Å². The maximum atomic E-state index is 11.4. The fourth-order valence-corrected chi connectivity index (χ4v) is 1.39. The highest BCUT2D eigenvalue weighted by Gasteiger charge is 2.36. The van der Waals surface area contributed by atoms with E-state index in [2.05, 4.69) is 20.6 Å². The number of amides is 2. The topological polar surface area (TPSA) is 84.0 Å². The van der Waals surface area contributed by atoms with Crippen LogP contribution in [0.25, 0.3) is 0 Å². The minimum Gasteiger partial charge on any atom is -0.358 e. The van der Waals surface area contributed by atoms with Crippen LogP contribution in [0.2, 0.25) is 0 Å². The number of likely N-dealkylation sites (N-methyl/N-ethyl adjacent to an activating group) is 1. The van der Waals surface area contributed by atoms with Gasteiger partial charge in [-0.2, -0.15) is 0 Å². The van der Waals surface area contributed by atoms with Crippen LogP contribution in [0.3, 0.4) is 0 Å². The van der Waals surface area contributed by atoms with E-state index in [1.807, 2.05) is 0 Å². The smallest absolute Gasteiger partial charge is 0.242 e. The van der Waals surface area contributed by atoms with E-state index in [-0.39, 0.29) is 11.8 Å². The number of anilines is 1. The Balaban J connectivity index is 2.44. The van der Waals surface area contributed by atoms with Crippen molar-refractivity contribution in [2.24, 2.45) is 0 Å². The molecule has 2 rings (SSSR count). The minimum absolute atomic E-state index is 0.351. The number of hydrogen-bond donors (Lipinski definition) is 2. The first-order valence-electron chi connectivity index (χ1n) is 4.06. The molecule has 2 amide bonds. The summed E-state index contributed by atoms with van der Waals surface area (Å²) in [4.78, 5) is 30.4. The molecule has 0 bridgehead atoms. The van der Waals surface area contributed by atoms with E-state index in [1.165, 1.54) is 19.6 Å². The Hall–Kier alpha value is -1.98. The summed E-state index contributed by atoms with van der Waals surface area (Å²) in [6, 6.07) is 0. The summed E-state index contributed by atoms with van der Waals surface area (Å²) in [5.74, 6) is -1.12. The number of nitrogens with one attached hydrogen (secondary N) is 2. The largest absolute Gasteiger partial charge is 0.358 e. The lowest BCUT2D eigenvalue weighted by molar-refractivity contribution is -0.128. The summed E-state index contributed by atoms with van der Waals surface area (Å²) in [6.07, 6.45) is 2.80. The van der Waals surface area contributed by atoms with Crippen LogP contribution in [0.1, 0.15) is 11.5 Å². The quantitative estimate of drug-likeness (QED) is 0.574. The zero-order chi connectivity index (χ0) is 10.1. The molecule has 0 spiro atoms. The summed E-state index contributed by atoms with van der Waals surface area (Å²) in [5.41, 5.74) is 0.525. The molecule has 14 heavy (non-hydrogen) atoms. The van der Waals surface area contributed by atoms with Crippen molar-refractivity contribution in [1.29, 1.82) is 0 Å². The van der Waals surface area contributed by atoms with E-state index >= 15 is 0 Å². The number of rotatable bonds is 1. The molecule has 0 fully saturated rings. The van der Waals surface area contributed by atoms with Crippen LogP contribution in [-0.2, 0) is 9.59 Å². The van der Waals surface area contributed by atoms with Gasteiger partial charge < -0.3 is 10.6 Å². The second-order valence-electron chi connectivity index (χ2n) is 2.86. The third-order valence-corrected chi connectivity index (χ3v) is 2.06. The van der Waals surface area contributed by atoms with Crippen molar-refractivity contribution >= 4 is 17.6 Å². The van der Waals surface area contributed by atoms with Crippen LogP contribution in [-0.4, -0.2) is 28.8 Å². The Bertz CT molecular complexity index is 396. The van der Waals surface area contributed by atoms with Gasteiger partial charge in [-0.1, -0.05) is 0 Å². The molecule has 1 atom stereocenters. The fraction of sp³-hybridized carbons (Fsp3) is 0.250. The number of hydrogen-bond acceptors (Lipinski definition) is 4. The molecule has 1 aromatic heterocycles. The van der Waals surface area contributed by atoms with Gasteiger partial charge in [0.25, 0.3) is 0 Å². The number of aromatic nitrogens is 2. The first-order valence-corrected chi connectivity index (χ1v) is 4.06. The first-order chi connectivity index (χ1) is 6.74. The number of carbonyl (C=O) groups is 2. The molecule has 6 nitrogen and oxygen atoms in total. The monoisotopic (exact) mass is 192 g/mol. The fourth-order valence-electron chi connectivity index (χ4n) is 1.39. The van der Waals surface area contributed by atoms with E-state index < -0.39 is 5.92 Å². The van der Waals surface area contributed by atoms with Gasteiger partial charge in [0.05, 0.1) is 0 Å². The van der Waals surface area contributed by atoms with E-state index in [4.69, 9.17) is 0 Å². The molecule has 1 aliphatic heterocycles. The molecule has 1 aromatic rings. The van der Waals surface area contributed by atoms with Gasteiger partial charge in [0, 0.05) is 18.8 Å². The molecule has 0 radical (unpaired) electrons. The van der Waals surface area contributed by atoms with Crippen LogP contribution in [0, 0.1) is 0 Å². The summed E-state index contributed by atoms with van der Waals surface area (Å²) < 4.78 is 0. The second-order valence-corrected chi connectivity index (χ2v) is 2.86. The van der Waals surface area contributed by atoms with Crippen LogP contribution in [0.4, 0.5) is 5.82 Å². The zero-order valence-corrected chi connectivity index (χ0v) is 7.44. The normalized spacial score (nSPS) is 18.6. The average molecular weight is 192 g/mol. The summed E-state index contributed by atoms with van der Waals surface area (Å²) >= 11 is 0. The van der Waals surface area contributed by atoms with Crippen molar-refractivity contribution in [1.82, 2.24) is 15.3 Å². The summed E-state index contributed by atoms with van der Waals surface area (Å²) in [6.45, 7) is 0. The number of carbonyl (C=O) groups excluding carboxylic acids is 2. The lowest BCUT2D eigenvalue weighted by Gasteiger charge is -2.04. The highest BCUT2D eigenvalue weighted by molar-refractivity contribution is 6.15. The summed E-state index contributed by atoms with van der Waals surface area (Å²) in [7, 11) is 1.48. The molecular weight excluding hydrogens is 184 g/mol. The maximum absolute atomic E-state index is 11.4. The highest BCUT2D eigenvalue weighted by Crippen LogP contribution is 2.29. The van der Waals surface area contributed by atoms with E-state index in [0.717, 1.165) is 0 Å². The van der Waals surface area contributed by atoms with Crippen molar-refractivity contribution in [2.45, 2.75) is 5.92 Å². The van der Waals surface area contributed by atoms with E-state index in [0.29, 0.717) is 11.4 Å². The molecule has 2 N–H and O–H groups in total. The van der Waals surface area contributed by atoms with Crippen molar-refractivity contribution in [3.63, 3.8) is 0 Å². The Labute approximate surface area is 79.7 Å². The number of fused-ring (bicyclic) bond motifs is 1. The molecule has 2 heterocycles. The highest BCUT2D eigenvalue weighted by atomic mass is 16.2. The summed E-state index contributed by atoms with van der Waals surface area (Å²) in [5, 5.41) is 4.93. The van der Waals surface area contributed by atoms with Gasteiger partial charge in [-0.3, -0.25) is 9.59 Å². The molecular formula is C8H8N4O2. The third kappa shape index (κ3) is 1.12. The average Bonchev–Trinajstić information content (AvgIpc) is 2.53. The predicted molar refractivity (Wildman–Crippen MR) is 47.5 cm³/mol. The SMILES string of the molecule is CNC(=O)C1C(=O)Nc2ncncc21. The Kier molecular flexibility index (Phi) is 1.88. The third-order valence-electron chi connectivity index (χ3n) is 2.06. The van der Waals surface area contributed by atoms with Gasteiger partial charge >= 0.3 is 0 Å². The van der Waals surface area contributed by atoms with Crippen molar-refractivity contribution in [3.8, 4) is 0 Å². The lowest BCUT2D eigenvalue weighted by Crippen LogP contribution is -2.30. The Morgan fingerprint density at radius 2 is 2.43 bits per heavy atom. The molecule has 0 aliphatic carbocycles. The second kappa shape index (κ2) is 3.06. The minimum atomic E-state index is -0.823. The van der Waals surface area contributed by atoms with E-state index in [9.17, 15) is 9.59 Å². The molecule has 72 valence electrons. The van der Waals surface area contributed by atoms with Gasteiger partial charge in [0.15, 0.2) is 0 Å². The molecule has 6 heteroatoms. The van der Waals surface area contributed by atoms with Crippen LogP contribution < -0.4 is 10.6 Å².